The summed E-state index contributed by atoms with van der Waals surface area (Å²) in [7, 11) is 3.55. The number of halogens is 1. The normalized spacial score (nSPS) is 14.7. The van der Waals surface area contributed by atoms with Gasteiger partial charge in [-0.3, -0.25) is 9.36 Å². The lowest BCUT2D eigenvalue weighted by Gasteiger charge is -2.22. The van der Waals surface area contributed by atoms with Crippen molar-refractivity contribution in [3.63, 3.8) is 0 Å². The van der Waals surface area contributed by atoms with Crippen molar-refractivity contribution in [3.05, 3.63) is 65.2 Å². The minimum Gasteiger partial charge on any atom is -0.348 e. The summed E-state index contributed by atoms with van der Waals surface area (Å²) in [6.07, 6.45) is 2.27. The Balaban J connectivity index is 1.78. The fraction of sp³-hybridized carbons (Fsp3) is 0.318. The van der Waals surface area contributed by atoms with Gasteiger partial charge in [0.05, 0.1) is 5.69 Å². The van der Waals surface area contributed by atoms with Gasteiger partial charge in [-0.1, -0.05) is 59.8 Å². The molecule has 1 aliphatic heterocycles. The Kier molecular flexibility index (Phi) is 6.29. The molecular formula is C22H24ClN5OS. The first-order valence-corrected chi connectivity index (χ1v) is 11.2. The summed E-state index contributed by atoms with van der Waals surface area (Å²) in [6, 6.07) is 17.4. The Labute approximate surface area is 185 Å². The molecule has 3 aromatic rings. The van der Waals surface area contributed by atoms with Gasteiger partial charge in [-0.2, -0.15) is 0 Å². The number of benzene rings is 2. The molecule has 4 rings (SSSR count). The van der Waals surface area contributed by atoms with Crippen molar-refractivity contribution in [1.29, 1.82) is 0 Å². The average Bonchev–Trinajstić information content (AvgIpc) is 3.41. The zero-order chi connectivity index (χ0) is 21.1. The molecule has 1 aliphatic rings. The van der Waals surface area contributed by atoms with E-state index in [4.69, 9.17) is 11.6 Å². The maximum Gasteiger partial charge on any atom is 0.240 e. The van der Waals surface area contributed by atoms with Crippen LogP contribution in [0.1, 0.15) is 23.7 Å². The van der Waals surface area contributed by atoms with E-state index in [9.17, 15) is 4.79 Å². The topological polar surface area (TPSA) is 54.3 Å². The molecule has 2 aromatic carbocycles. The van der Waals surface area contributed by atoms with Crippen molar-refractivity contribution in [2.75, 3.05) is 32.1 Å². The van der Waals surface area contributed by atoms with Crippen LogP contribution in [-0.4, -0.2) is 52.8 Å². The number of likely N-dealkylation sites (N-methyl/N-ethyl adjacent to an activating group) is 1. The summed E-state index contributed by atoms with van der Waals surface area (Å²) in [5.41, 5.74) is 1.82. The molecule has 6 nitrogen and oxygen atoms in total. The van der Waals surface area contributed by atoms with Crippen LogP contribution < -0.4 is 4.90 Å². The number of thioether (sulfide) groups is 1. The molecule has 1 aromatic heterocycles. The third-order valence-corrected chi connectivity index (χ3v) is 6.48. The molecule has 1 fully saturated rings. The second kappa shape index (κ2) is 9.10. The van der Waals surface area contributed by atoms with Crippen LogP contribution in [0.3, 0.4) is 0 Å². The van der Waals surface area contributed by atoms with E-state index < -0.39 is 5.25 Å². The molecule has 1 atom stereocenters. The lowest BCUT2D eigenvalue weighted by molar-refractivity contribution is -0.128. The van der Waals surface area contributed by atoms with E-state index in [0.29, 0.717) is 10.2 Å². The summed E-state index contributed by atoms with van der Waals surface area (Å²) < 4.78 is 2.01. The highest BCUT2D eigenvalue weighted by Gasteiger charge is 2.29. The first kappa shape index (κ1) is 20.8. The smallest absolute Gasteiger partial charge is 0.240 e. The molecule has 1 unspecified atom stereocenters. The number of aromatic nitrogens is 3. The lowest BCUT2D eigenvalue weighted by Crippen LogP contribution is -2.27. The summed E-state index contributed by atoms with van der Waals surface area (Å²) in [4.78, 5) is 16.9. The number of carbonyl (C=O) groups is 1. The third kappa shape index (κ3) is 4.32. The van der Waals surface area contributed by atoms with Crippen LogP contribution in [0.25, 0.3) is 5.69 Å². The third-order valence-electron chi connectivity index (χ3n) is 5.06. The molecule has 0 aliphatic carbocycles. The van der Waals surface area contributed by atoms with Gasteiger partial charge in [-0.05, 0) is 36.6 Å². The minimum atomic E-state index is -0.422. The van der Waals surface area contributed by atoms with Gasteiger partial charge in [0.15, 0.2) is 5.16 Å². The highest BCUT2D eigenvalue weighted by atomic mass is 35.5. The van der Waals surface area contributed by atoms with Crippen LogP contribution in [0, 0.1) is 0 Å². The van der Waals surface area contributed by atoms with E-state index in [1.165, 1.54) is 11.8 Å². The van der Waals surface area contributed by atoms with Gasteiger partial charge >= 0.3 is 0 Å². The summed E-state index contributed by atoms with van der Waals surface area (Å²) in [5, 5.41) is 9.89. The van der Waals surface area contributed by atoms with Gasteiger partial charge in [-0.15, -0.1) is 10.2 Å². The van der Waals surface area contributed by atoms with E-state index >= 15 is 0 Å². The van der Waals surface area contributed by atoms with Crippen molar-refractivity contribution >= 4 is 35.2 Å². The molecular weight excluding hydrogens is 418 g/mol. The highest BCUT2D eigenvalue weighted by Crippen LogP contribution is 2.38. The van der Waals surface area contributed by atoms with Gasteiger partial charge in [0.1, 0.15) is 5.25 Å². The summed E-state index contributed by atoms with van der Waals surface area (Å²) >= 11 is 7.70. The van der Waals surface area contributed by atoms with Crippen molar-refractivity contribution < 1.29 is 4.79 Å². The number of rotatable bonds is 6. The molecule has 8 heteroatoms. The standard InChI is InChI=1S/C22H24ClN5OS/c1-26(2)20(29)19(16-9-4-3-5-10-16)30-22-25-24-21(27-13-6-7-14-27)28(22)18-12-8-11-17(23)15-18/h3-5,8-12,15,19H,6-7,13-14H2,1-2H3. The monoisotopic (exact) mass is 441 g/mol. The second-order valence-corrected chi connectivity index (χ2v) is 8.94. The quantitative estimate of drug-likeness (QED) is 0.529. The molecule has 1 amide bonds. The van der Waals surface area contributed by atoms with Gasteiger partial charge in [0.25, 0.3) is 0 Å². The molecule has 1 saturated heterocycles. The predicted molar refractivity (Wildman–Crippen MR) is 122 cm³/mol. The van der Waals surface area contributed by atoms with Crippen LogP contribution in [0.15, 0.2) is 59.8 Å². The Morgan fingerprint density at radius 1 is 1.07 bits per heavy atom. The van der Waals surface area contributed by atoms with Crippen LogP contribution >= 0.6 is 23.4 Å². The number of hydrogen-bond donors (Lipinski definition) is 0. The molecule has 0 saturated carbocycles. The van der Waals surface area contributed by atoms with Crippen LogP contribution in [0.5, 0.6) is 0 Å². The maximum atomic E-state index is 13.0. The van der Waals surface area contributed by atoms with Crippen LogP contribution in [-0.2, 0) is 4.79 Å². The van der Waals surface area contributed by atoms with E-state index in [0.717, 1.165) is 43.1 Å². The van der Waals surface area contributed by atoms with Gasteiger partial charge in [0, 0.05) is 32.2 Å². The SMILES string of the molecule is CN(C)C(=O)C(Sc1nnc(N2CCCC2)n1-c1cccc(Cl)c1)c1ccccc1. The number of carbonyl (C=O) groups excluding carboxylic acids is 1. The minimum absolute atomic E-state index is 0.00886. The number of amides is 1. The Hall–Kier alpha value is -2.51. The van der Waals surface area contributed by atoms with Crippen molar-refractivity contribution in [1.82, 2.24) is 19.7 Å². The number of hydrogen-bond acceptors (Lipinski definition) is 5. The fourth-order valence-corrected chi connectivity index (χ4v) is 4.91. The molecule has 0 bridgehead atoms. The van der Waals surface area contributed by atoms with Gasteiger partial charge in [0.2, 0.25) is 11.9 Å². The van der Waals surface area contributed by atoms with Crippen LogP contribution in [0.4, 0.5) is 5.95 Å². The maximum absolute atomic E-state index is 13.0. The molecule has 0 N–H and O–H groups in total. The molecule has 0 spiro atoms. The Morgan fingerprint density at radius 2 is 1.80 bits per heavy atom. The molecule has 0 radical (unpaired) electrons. The Morgan fingerprint density at radius 3 is 2.47 bits per heavy atom. The average molecular weight is 442 g/mol. The first-order valence-electron chi connectivity index (χ1n) is 9.93. The number of anilines is 1. The largest absolute Gasteiger partial charge is 0.348 e. The Bertz CT molecular complexity index is 1020. The molecule has 156 valence electrons. The van der Waals surface area contributed by atoms with Gasteiger partial charge in [-0.25, -0.2) is 0 Å². The van der Waals surface area contributed by atoms with E-state index in [1.807, 2.05) is 59.2 Å². The number of nitrogens with zero attached hydrogens (tertiary/aromatic N) is 5. The van der Waals surface area contributed by atoms with E-state index in [1.54, 1.807) is 19.0 Å². The van der Waals surface area contributed by atoms with Crippen LogP contribution in [0.2, 0.25) is 5.02 Å². The molecule has 30 heavy (non-hydrogen) atoms. The fourth-order valence-electron chi connectivity index (χ4n) is 3.53. The van der Waals surface area contributed by atoms with Crippen molar-refractivity contribution in [2.24, 2.45) is 0 Å². The predicted octanol–water partition coefficient (Wildman–Crippen LogP) is 4.44. The van der Waals surface area contributed by atoms with E-state index in [-0.39, 0.29) is 5.91 Å². The summed E-state index contributed by atoms with van der Waals surface area (Å²) in [6.45, 7) is 1.89. The van der Waals surface area contributed by atoms with E-state index in [2.05, 4.69) is 15.1 Å². The lowest BCUT2D eigenvalue weighted by atomic mass is 10.1. The second-order valence-electron chi connectivity index (χ2n) is 7.43. The highest BCUT2D eigenvalue weighted by molar-refractivity contribution is 8.00. The van der Waals surface area contributed by atoms with Gasteiger partial charge < -0.3 is 9.80 Å². The first-order chi connectivity index (χ1) is 14.5. The zero-order valence-electron chi connectivity index (χ0n) is 17.0. The summed E-state index contributed by atoms with van der Waals surface area (Å²) in [5.74, 6) is 0.802. The van der Waals surface area contributed by atoms with Crippen molar-refractivity contribution in [3.8, 4) is 5.69 Å². The molecule has 2 heterocycles. The zero-order valence-corrected chi connectivity index (χ0v) is 18.6. The van der Waals surface area contributed by atoms with Crippen molar-refractivity contribution in [2.45, 2.75) is 23.2 Å².